The number of hydrogen-bond acceptors (Lipinski definition) is 6. The van der Waals surface area contributed by atoms with Crippen LogP contribution in [0, 0.1) is 11.6 Å². The zero-order valence-corrected chi connectivity index (χ0v) is 19.3. The van der Waals surface area contributed by atoms with Gasteiger partial charge in [-0.3, -0.25) is 4.90 Å². The molecule has 1 aliphatic rings. The molecule has 1 atom stereocenters. The van der Waals surface area contributed by atoms with Crippen LogP contribution in [-0.2, 0) is 6.42 Å². The molecular formula is C23H26ClF2N7. The van der Waals surface area contributed by atoms with E-state index >= 15 is 0 Å². The predicted octanol–water partition coefficient (Wildman–Crippen LogP) is 3.96. The molecule has 0 bridgehead atoms. The topological polar surface area (TPSA) is 76.1 Å². The standard InChI is InChI=1S/C23H26ClF2N7/c1-3-20-16(13-28-33(20)22-12-21(24)29-23(27)30-22)5-4-6-31-7-8-32(14-15(31)2)19-10-17(25)9-18(26)11-19/h4-5,9-13,15H,3,6-8,14H2,1-2H3,(H2,27,29,30)/b5-4+/t15-/m1/s1. The van der Waals surface area contributed by atoms with Gasteiger partial charge in [-0.15, -0.1) is 0 Å². The van der Waals surface area contributed by atoms with Crippen molar-refractivity contribution in [2.75, 3.05) is 36.8 Å². The Labute approximate surface area is 196 Å². The third-order valence-corrected chi connectivity index (χ3v) is 5.96. The molecule has 7 nitrogen and oxygen atoms in total. The summed E-state index contributed by atoms with van der Waals surface area (Å²) in [7, 11) is 0. The Balaban J connectivity index is 1.42. The van der Waals surface area contributed by atoms with Gasteiger partial charge in [-0.05, 0) is 25.5 Å². The Morgan fingerprint density at radius 2 is 1.91 bits per heavy atom. The minimum atomic E-state index is -0.554. The van der Waals surface area contributed by atoms with E-state index in [2.05, 4.69) is 39.0 Å². The van der Waals surface area contributed by atoms with Gasteiger partial charge < -0.3 is 10.6 Å². The Bertz CT molecular complexity index is 1120. The minimum absolute atomic E-state index is 0.0984. The smallest absolute Gasteiger partial charge is 0.223 e. The van der Waals surface area contributed by atoms with Gasteiger partial charge >= 0.3 is 0 Å². The molecule has 4 rings (SSSR count). The fourth-order valence-electron chi connectivity index (χ4n) is 4.15. The van der Waals surface area contributed by atoms with Crippen molar-refractivity contribution >= 4 is 29.3 Å². The van der Waals surface area contributed by atoms with Crippen molar-refractivity contribution in [1.29, 1.82) is 0 Å². The maximum Gasteiger partial charge on any atom is 0.223 e. The van der Waals surface area contributed by atoms with E-state index in [0.29, 0.717) is 24.6 Å². The summed E-state index contributed by atoms with van der Waals surface area (Å²) in [6, 6.07) is 5.52. The number of benzene rings is 1. The van der Waals surface area contributed by atoms with Gasteiger partial charge in [0.1, 0.15) is 16.8 Å². The zero-order valence-electron chi connectivity index (χ0n) is 18.5. The second-order valence-electron chi connectivity index (χ2n) is 8.04. The quantitative estimate of drug-likeness (QED) is 0.546. The average molecular weight is 474 g/mol. The molecular weight excluding hydrogens is 448 g/mol. The van der Waals surface area contributed by atoms with Gasteiger partial charge in [0.25, 0.3) is 0 Å². The molecule has 10 heteroatoms. The molecule has 2 N–H and O–H groups in total. The first kappa shape index (κ1) is 23.1. The molecule has 1 aliphatic heterocycles. The lowest BCUT2D eigenvalue weighted by Gasteiger charge is -2.40. The van der Waals surface area contributed by atoms with E-state index in [9.17, 15) is 8.78 Å². The number of aromatic nitrogens is 4. The Hall–Kier alpha value is -3.04. The highest BCUT2D eigenvalue weighted by Gasteiger charge is 2.23. The summed E-state index contributed by atoms with van der Waals surface area (Å²) in [4.78, 5) is 12.5. The molecule has 1 aromatic carbocycles. The molecule has 1 saturated heterocycles. The van der Waals surface area contributed by atoms with Crippen LogP contribution in [0.25, 0.3) is 11.9 Å². The number of rotatable bonds is 6. The predicted molar refractivity (Wildman–Crippen MR) is 127 cm³/mol. The van der Waals surface area contributed by atoms with Crippen LogP contribution in [0.2, 0.25) is 5.15 Å². The monoisotopic (exact) mass is 473 g/mol. The van der Waals surface area contributed by atoms with Crippen molar-refractivity contribution in [1.82, 2.24) is 24.6 Å². The summed E-state index contributed by atoms with van der Waals surface area (Å²) in [6.07, 6.45) is 6.70. The molecule has 3 aromatic rings. The van der Waals surface area contributed by atoms with Crippen LogP contribution >= 0.6 is 11.6 Å². The molecule has 1 fully saturated rings. The largest absolute Gasteiger partial charge is 0.369 e. The zero-order chi connectivity index (χ0) is 23.5. The van der Waals surface area contributed by atoms with Crippen molar-refractivity contribution in [3.8, 4) is 5.82 Å². The van der Waals surface area contributed by atoms with Gasteiger partial charge in [-0.25, -0.2) is 18.4 Å². The molecule has 174 valence electrons. The first-order chi connectivity index (χ1) is 15.8. The van der Waals surface area contributed by atoms with Gasteiger partial charge in [0, 0.05) is 55.6 Å². The van der Waals surface area contributed by atoms with Crippen LogP contribution in [0.3, 0.4) is 0 Å². The van der Waals surface area contributed by atoms with Crippen LogP contribution in [0.4, 0.5) is 20.4 Å². The number of nitrogen functional groups attached to an aromatic ring is 1. The summed E-state index contributed by atoms with van der Waals surface area (Å²) in [6.45, 7) is 7.12. The fourth-order valence-corrected chi connectivity index (χ4v) is 4.33. The number of anilines is 2. The van der Waals surface area contributed by atoms with Gasteiger partial charge in [0.2, 0.25) is 5.95 Å². The third-order valence-electron chi connectivity index (χ3n) is 5.77. The van der Waals surface area contributed by atoms with Crippen molar-refractivity contribution in [2.45, 2.75) is 26.3 Å². The van der Waals surface area contributed by atoms with E-state index in [1.165, 1.54) is 12.1 Å². The Kier molecular flexibility index (Phi) is 6.90. The fraction of sp³-hybridized carbons (Fsp3) is 0.348. The normalized spacial score (nSPS) is 17.2. The van der Waals surface area contributed by atoms with Gasteiger partial charge in [0.05, 0.1) is 11.9 Å². The summed E-state index contributed by atoms with van der Waals surface area (Å²) >= 11 is 6.02. The molecule has 0 saturated carbocycles. The van der Waals surface area contributed by atoms with Crippen LogP contribution < -0.4 is 10.6 Å². The highest BCUT2D eigenvalue weighted by Crippen LogP contribution is 2.22. The van der Waals surface area contributed by atoms with Gasteiger partial charge in [-0.2, -0.15) is 10.1 Å². The summed E-state index contributed by atoms with van der Waals surface area (Å²) in [5.74, 6) is -0.479. The van der Waals surface area contributed by atoms with Crippen LogP contribution in [-0.4, -0.2) is 56.9 Å². The number of nitrogens with two attached hydrogens (primary N) is 1. The molecule has 0 spiro atoms. The lowest BCUT2D eigenvalue weighted by atomic mass is 10.1. The molecule has 0 aliphatic carbocycles. The highest BCUT2D eigenvalue weighted by atomic mass is 35.5. The van der Waals surface area contributed by atoms with Crippen molar-refractivity contribution in [3.05, 3.63) is 64.6 Å². The second-order valence-corrected chi connectivity index (χ2v) is 8.43. The molecule has 3 heterocycles. The first-order valence-corrected chi connectivity index (χ1v) is 11.2. The number of halogens is 3. The molecule has 33 heavy (non-hydrogen) atoms. The van der Waals surface area contributed by atoms with Crippen LogP contribution in [0.5, 0.6) is 0 Å². The molecule has 0 unspecified atom stereocenters. The van der Waals surface area contributed by atoms with Crippen LogP contribution in [0.1, 0.15) is 25.1 Å². The Morgan fingerprint density at radius 3 is 2.58 bits per heavy atom. The van der Waals surface area contributed by atoms with E-state index in [4.69, 9.17) is 17.3 Å². The minimum Gasteiger partial charge on any atom is -0.369 e. The Morgan fingerprint density at radius 1 is 1.15 bits per heavy atom. The average Bonchev–Trinajstić information content (AvgIpc) is 3.16. The van der Waals surface area contributed by atoms with E-state index in [0.717, 1.165) is 36.8 Å². The van der Waals surface area contributed by atoms with E-state index < -0.39 is 11.6 Å². The van der Waals surface area contributed by atoms with Crippen molar-refractivity contribution < 1.29 is 8.78 Å². The van der Waals surface area contributed by atoms with Crippen molar-refractivity contribution in [3.63, 3.8) is 0 Å². The summed E-state index contributed by atoms with van der Waals surface area (Å²) in [5, 5.41) is 4.72. The molecule has 0 amide bonds. The first-order valence-electron chi connectivity index (χ1n) is 10.8. The maximum absolute atomic E-state index is 13.6. The number of nitrogens with zero attached hydrogens (tertiary/aromatic N) is 6. The van der Waals surface area contributed by atoms with Gasteiger partial charge in [-0.1, -0.05) is 30.7 Å². The molecule has 0 radical (unpaired) electrons. The lowest BCUT2D eigenvalue weighted by Crippen LogP contribution is -2.51. The number of hydrogen-bond donors (Lipinski definition) is 1. The van der Waals surface area contributed by atoms with Crippen LogP contribution in [0.15, 0.2) is 36.5 Å². The SMILES string of the molecule is CCc1c(/C=C/CN2CCN(c3cc(F)cc(F)c3)C[C@H]2C)cnn1-c1cc(Cl)nc(N)n1. The van der Waals surface area contributed by atoms with Gasteiger partial charge in [0.15, 0.2) is 5.82 Å². The second kappa shape index (κ2) is 9.84. The van der Waals surface area contributed by atoms with E-state index in [-0.39, 0.29) is 17.1 Å². The molecule has 2 aromatic heterocycles. The summed E-state index contributed by atoms with van der Waals surface area (Å²) in [5.41, 5.74) is 8.29. The van der Waals surface area contributed by atoms with Crippen molar-refractivity contribution in [2.24, 2.45) is 0 Å². The highest BCUT2D eigenvalue weighted by molar-refractivity contribution is 6.29. The number of piperazine rings is 1. The summed E-state index contributed by atoms with van der Waals surface area (Å²) < 4.78 is 28.9. The van der Waals surface area contributed by atoms with E-state index in [1.807, 2.05) is 11.8 Å². The van der Waals surface area contributed by atoms with E-state index in [1.54, 1.807) is 16.9 Å². The maximum atomic E-state index is 13.6. The lowest BCUT2D eigenvalue weighted by molar-refractivity contribution is 0.210. The third kappa shape index (κ3) is 5.31.